The molecule has 0 spiro atoms. The van der Waals surface area contributed by atoms with E-state index in [-0.39, 0.29) is 17.5 Å². The van der Waals surface area contributed by atoms with Gasteiger partial charge in [-0.2, -0.15) is 0 Å². The lowest BCUT2D eigenvalue weighted by Gasteiger charge is -2.17. The SMILES string of the molecule is CCCC(COC)Nc1ccc([N+](=O)[O-])c(N)n1. The second kappa shape index (κ2) is 6.75. The fourth-order valence-electron chi connectivity index (χ4n) is 1.66. The van der Waals surface area contributed by atoms with Crippen LogP contribution >= 0.6 is 0 Å². The van der Waals surface area contributed by atoms with Crippen LogP contribution in [0, 0.1) is 10.1 Å². The Labute approximate surface area is 105 Å². The van der Waals surface area contributed by atoms with E-state index in [0.717, 1.165) is 12.8 Å². The van der Waals surface area contributed by atoms with Gasteiger partial charge in [0.1, 0.15) is 5.82 Å². The Morgan fingerprint density at radius 1 is 1.61 bits per heavy atom. The monoisotopic (exact) mass is 254 g/mol. The van der Waals surface area contributed by atoms with E-state index in [4.69, 9.17) is 10.5 Å². The molecule has 0 aliphatic heterocycles. The molecular weight excluding hydrogens is 236 g/mol. The Hall–Kier alpha value is -1.89. The number of pyridine rings is 1. The molecule has 0 radical (unpaired) electrons. The zero-order valence-electron chi connectivity index (χ0n) is 10.5. The second-order valence-corrected chi connectivity index (χ2v) is 3.94. The number of nitrogen functional groups attached to an aromatic ring is 1. The molecule has 3 N–H and O–H groups in total. The van der Waals surface area contributed by atoms with Gasteiger partial charge in [-0.25, -0.2) is 4.98 Å². The van der Waals surface area contributed by atoms with Crippen molar-refractivity contribution in [2.75, 3.05) is 24.8 Å². The molecule has 0 aromatic carbocycles. The van der Waals surface area contributed by atoms with Crippen LogP contribution in [0.4, 0.5) is 17.3 Å². The van der Waals surface area contributed by atoms with Crippen LogP contribution in [-0.4, -0.2) is 29.7 Å². The molecule has 1 heterocycles. The number of hydrogen-bond donors (Lipinski definition) is 2. The van der Waals surface area contributed by atoms with Crippen molar-refractivity contribution < 1.29 is 9.66 Å². The average molecular weight is 254 g/mol. The summed E-state index contributed by atoms with van der Waals surface area (Å²) in [4.78, 5) is 14.0. The summed E-state index contributed by atoms with van der Waals surface area (Å²) in [6.45, 7) is 2.62. The highest BCUT2D eigenvalue weighted by atomic mass is 16.6. The standard InChI is InChI=1S/C11H18N4O3/c1-3-4-8(7-18-2)13-10-6-5-9(15(16)17)11(12)14-10/h5-6,8H,3-4,7H2,1-2H3,(H3,12,13,14). The molecule has 1 aromatic heterocycles. The summed E-state index contributed by atoms with van der Waals surface area (Å²) in [6, 6.07) is 3.01. The molecule has 0 aliphatic rings. The van der Waals surface area contributed by atoms with E-state index in [2.05, 4.69) is 17.2 Å². The number of methoxy groups -OCH3 is 1. The van der Waals surface area contributed by atoms with E-state index >= 15 is 0 Å². The number of aromatic nitrogens is 1. The molecule has 0 saturated carbocycles. The summed E-state index contributed by atoms with van der Waals surface area (Å²) in [6.07, 6.45) is 1.93. The fourth-order valence-corrected chi connectivity index (χ4v) is 1.66. The molecule has 0 amide bonds. The maximum absolute atomic E-state index is 10.6. The Morgan fingerprint density at radius 2 is 2.33 bits per heavy atom. The van der Waals surface area contributed by atoms with E-state index in [1.54, 1.807) is 13.2 Å². The van der Waals surface area contributed by atoms with Crippen LogP contribution in [0.1, 0.15) is 19.8 Å². The van der Waals surface area contributed by atoms with E-state index in [1.807, 2.05) is 0 Å². The van der Waals surface area contributed by atoms with Crippen LogP contribution < -0.4 is 11.1 Å². The van der Waals surface area contributed by atoms with Crippen LogP contribution in [0.3, 0.4) is 0 Å². The predicted octanol–water partition coefficient (Wildman–Crippen LogP) is 1.80. The summed E-state index contributed by atoms with van der Waals surface area (Å²) >= 11 is 0. The van der Waals surface area contributed by atoms with E-state index in [9.17, 15) is 10.1 Å². The first-order chi connectivity index (χ1) is 8.58. The minimum atomic E-state index is -0.551. The lowest BCUT2D eigenvalue weighted by molar-refractivity contribution is -0.384. The number of nitrogens with zero attached hydrogens (tertiary/aromatic N) is 2. The van der Waals surface area contributed by atoms with Gasteiger partial charge in [0.2, 0.25) is 5.82 Å². The lowest BCUT2D eigenvalue weighted by Crippen LogP contribution is -2.25. The van der Waals surface area contributed by atoms with Gasteiger partial charge in [-0.3, -0.25) is 10.1 Å². The highest BCUT2D eigenvalue weighted by Gasteiger charge is 2.14. The second-order valence-electron chi connectivity index (χ2n) is 3.94. The van der Waals surface area contributed by atoms with Crippen LogP contribution in [-0.2, 0) is 4.74 Å². The molecular formula is C11H18N4O3. The molecule has 1 unspecified atom stereocenters. The number of ether oxygens (including phenoxy) is 1. The van der Waals surface area contributed by atoms with Gasteiger partial charge in [0, 0.05) is 13.2 Å². The summed E-state index contributed by atoms with van der Waals surface area (Å²) in [7, 11) is 1.63. The topological polar surface area (TPSA) is 103 Å². The minimum absolute atomic E-state index is 0.0855. The Balaban J connectivity index is 2.77. The molecule has 1 rings (SSSR count). The van der Waals surface area contributed by atoms with Gasteiger partial charge < -0.3 is 15.8 Å². The van der Waals surface area contributed by atoms with E-state index in [1.165, 1.54) is 6.07 Å². The van der Waals surface area contributed by atoms with Crippen molar-refractivity contribution in [2.24, 2.45) is 0 Å². The number of nitro groups is 1. The van der Waals surface area contributed by atoms with Crippen molar-refractivity contribution in [3.8, 4) is 0 Å². The Bertz CT molecular complexity index is 405. The van der Waals surface area contributed by atoms with Gasteiger partial charge in [-0.15, -0.1) is 0 Å². The summed E-state index contributed by atoms with van der Waals surface area (Å²) in [5.41, 5.74) is 5.34. The molecule has 1 aromatic rings. The highest BCUT2D eigenvalue weighted by Crippen LogP contribution is 2.21. The maximum atomic E-state index is 10.6. The molecule has 1 atom stereocenters. The first kappa shape index (κ1) is 14.2. The number of hydrogen-bond acceptors (Lipinski definition) is 6. The first-order valence-corrected chi connectivity index (χ1v) is 5.74. The Morgan fingerprint density at radius 3 is 2.83 bits per heavy atom. The summed E-state index contributed by atoms with van der Waals surface area (Å²) in [5.74, 6) is 0.436. The molecule has 0 bridgehead atoms. The third-order valence-corrected chi connectivity index (χ3v) is 2.46. The van der Waals surface area contributed by atoms with Gasteiger partial charge in [-0.1, -0.05) is 13.3 Å². The highest BCUT2D eigenvalue weighted by molar-refractivity contribution is 5.57. The van der Waals surface area contributed by atoms with Crippen molar-refractivity contribution in [1.29, 1.82) is 0 Å². The largest absolute Gasteiger partial charge is 0.383 e. The van der Waals surface area contributed by atoms with Gasteiger partial charge in [-0.05, 0) is 12.5 Å². The van der Waals surface area contributed by atoms with Crippen LogP contribution in [0.15, 0.2) is 12.1 Å². The number of nitrogens with two attached hydrogens (primary N) is 1. The fraction of sp³-hybridized carbons (Fsp3) is 0.545. The lowest BCUT2D eigenvalue weighted by atomic mass is 10.2. The molecule has 18 heavy (non-hydrogen) atoms. The van der Waals surface area contributed by atoms with Gasteiger partial charge in [0.05, 0.1) is 17.6 Å². The van der Waals surface area contributed by atoms with E-state index in [0.29, 0.717) is 12.4 Å². The van der Waals surface area contributed by atoms with Crippen LogP contribution in [0.2, 0.25) is 0 Å². The third-order valence-electron chi connectivity index (χ3n) is 2.46. The summed E-state index contributed by atoms with van der Waals surface area (Å²) in [5, 5.41) is 13.8. The molecule has 7 nitrogen and oxygen atoms in total. The normalized spacial score (nSPS) is 12.1. The van der Waals surface area contributed by atoms with E-state index < -0.39 is 4.92 Å². The van der Waals surface area contributed by atoms with Gasteiger partial charge >= 0.3 is 5.69 Å². The quantitative estimate of drug-likeness (QED) is 0.568. The summed E-state index contributed by atoms with van der Waals surface area (Å²) < 4.78 is 5.09. The minimum Gasteiger partial charge on any atom is -0.383 e. The molecule has 0 aliphatic carbocycles. The van der Waals surface area contributed by atoms with Crippen molar-refractivity contribution in [3.63, 3.8) is 0 Å². The molecule has 0 saturated heterocycles. The average Bonchev–Trinajstić information content (AvgIpc) is 2.29. The molecule has 0 fully saturated rings. The number of anilines is 2. The molecule has 100 valence electrons. The maximum Gasteiger partial charge on any atom is 0.311 e. The van der Waals surface area contributed by atoms with Crippen molar-refractivity contribution in [1.82, 2.24) is 4.98 Å². The van der Waals surface area contributed by atoms with Gasteiger partial charge in [0.15, 0.2) is 0 Å². The molecule has 7 heteroatoms. The first-order valence-electron chi connectivity index (χ1n) is 5.74. The zero-order chi connectivity index (χ0) is 13.5. The third kappa shape index (κ3) is 3.85. The number of rotatable bonds is 7. The van der Waals surface area contributed by atoms with Crippen LogP contribution in [0.25, 0.3) is 0 Å². The Kier molecular flexibility index (Phi) is 5.31. The van der Waals surface area contributed by atoms with Crippen molar-refractivity contribution in [3.05, 3.63) is 22.2 Å². The predicted molar refractivity (Wildman–Crippen MR) is 69.5 cm³/mol. The number of nitrogens with one attached hydrogen (secondary N) is 1. The smallest absolute Gasteiger partial charge is 0.311 e. The van der Waals surface area contributed by atoms with Crippen molar-refractivity contribution in [2.45, 2.75) is 25.8 Å². The van der Waals surface area contributed by atoms with Crippen molar-refractivity contribution >= 4 is 17.3 Å². The van der Waals surface area contributed by atoms with Gasteiger partial charge in [0.25, 0.3) is 0 Å². The van der Waals surface area contributed by atoms with Crippen LogP contribution in [0.5, 0.6) is 0 Å². The zero-order valence-corrected chi connectivity index (χ0v) is 10.5.